The zero-order valence-electron chi connectivity index (χ0n) is 14.8. The first-order valence-electron chi connectivity index (χ1n) is 8.57. The molecule has 0 radical (unpaired) electrons. The quantitative estimate of drug-likeness (QED) is 0.837. The number of rotatable bonds is 6. The molecule has 2 aromatic rings. The summed E-state index contributed by atoms with van der Waals surface area (Å²) in [5.74, 6) is 0.270. The molecule has 0 saturated heterocycles. The van der Waals surface area contributed by atoms with E-state index in [-0.39, 0.29) is 10.8 Å². The third kappa shape index (κ3) is 3.67. The summed E-state index contributed by atoms with van der Waals surface area (Å²) in [6, 6.07) is 7.00. The number of carboxylic acids is 1. The molecule has 1 N–H and O–H groups in total. The third-order valence-electron chi connectivity index (χ3n) is 4.19. The normalized spacial score (nSPS) is 13.2. The number of ether oxygens (including phenoxy) is 2. The van der Waals surface area contributed by atoms with Gasteiger partial charge in [-0.1, -0.05) is 0 Å². The Labute approximate surface area is 156 Å². The molecule has 0 aliphatic carbocycles. The SMILES string of the molecule is CCOc1cc2c(cc1OCC)CN(C(=O)c1ccc(C(=O)O)s1)CC2. The van der Waals surface area contributed by atoms with Crippen LogP contribution in [0.15, 0.2) is 24.3 Å². The van der Waals surface area contributed by atoms with Crippen LogP contribution in [0.2, 0.25) is 0 Å². The maximum absolute atomic E-state index is 12.7. The van der Waals surface area contributed by atoms with Crippen LogP contribution in [-0.2, 0) is 13.0 Å². The smallest absolute Gasteiger partial charge is 0.345 e. The number of benzene rings is 1. The van der Waals surface area contributed by atoms with E-state index >= 15 is 0 Å². The molecule has 1 aliphatic rings. The van der Waals surface area contributed by atoms with Gasteiger partial charge in [-0.05, 0) is 55.7 Å². The molecular weight excluding hydrogens is 354 g/mol. The minimum absolute atomic E-state index is 0.139. The van der Waals surface area contributed by atoms with Crippen LogP contribution in [0.25, 0.3) is 0 Å². The summed E-state index contributed by atoms with van der Waals surface area (Å²) in [7, 11) is 0. The van der Waals surface area contributed by atoms with Gasteiger partial charge in [-0.2, -0.15) is 0 Å². The molecule has 3 rings (SSSR count). The standard InChI is InChI=1S/C19H21NO5S/c1-3-24-14-9-12-7-8-20(11-13(12)10-15(14)25-4-2)18(21)16-5-6-17(26-16)19(22)23/h5-6,9-10H,3-4,7-8,11H2,1-2H3,(H,22,23). The molecule has 2 heterocycles. The fourth-order valence-corrected chi connectivity index (χ4v) is 3.81. The van der Waals surface area contributed by atoms with Gasteiger partial charge in [-0.15, -0.1) is 11.3 Å². The molecule has 1 aromatic heterocycles. The van der Waals surface area contributed by atoms with E-state index in [1.165, 1.54) is 6.07 Å². The van der Waals surface area contributed by atoms with Gasteiger partial charge in [0.25, 0.3) is 5.91 Å². The third-order valence-corrected chi connectivity index (χ3v) is 5.25. The van der Waals surface area contributed by atoms with Gasteiger partial charge in [0, 0.05) is 13.1 Å². The van der Waals surface area contributed by atoms with E-state index in [0.717, 1.165) is 34.6 Å². The van der Waals surface area contributed by atoms with Crippen LogP contribution in [0, 0.1) is 0 Å². The fraction of sp³-hybridized carbons (Fsp3) is 0.368. The number of carbonyl (C=O) groups is 2. The number of aromatic carboxylic acids is 1. The van der Waals surface area contributed by atoms with Crippen molar-refractivity contribution in [3.63, 3.8) is 0 Å². The molecule has 138 valence electrons. The van der Waals surface area contributed by atoms with Gasteiger partial charge in [0.2, 0.25) is 0 Å². The van der Waals surface area contributed by atoms with Crippen LogP contribution in [0.5, 0.6) is 11.5 Å². The van der Waals surface area contributed by atoms with Crippen molar-refractivity contribution in [2.24, 2.45) is 0 Å². The first kappa shape index (κ1) is 18.3. The second-order valence-electron chi connectivity index (χ2n) is 5.88. The Morgan fingerprint density at radius 1 is 1.08 bits per heavy atom. The molecule has 0 fully saturated rings. The van der Waals surface area contributed by atoms with Crippen molar-refractivity contribution in [3.05, 3.63) is 45.1 Å². The number of thiophene rings is 1. The molecule has 0 spiro atoms. The molecule has 0 bridgehead atoms. The lowest BCUT2D eigenvalue weighted by Gasteiger charge is -2.29. The molecular formula is C19H21NO5S. The summed E-state index contributed by atoms with van der Waals surface area (Å²) in [5, 5.41) is 9.03. The lowest BCUT2D eigenvalue weighted by Crippen LogP contribution is -2.35. The van der Waals surface area contributed by atoms with E-state index in [1.54, 1.807) is 11.0 Å². The summed E-state index contributed by atoms with van der Waals surface area (Å²) >= 11 is 1.01. The van der Waals surface area contributed by atoms with E-state index in [0.29, 0.717) is 36.9 Å². The Morgan fingerprint density at radius 2 is 1.69 bits per heavy atom. The number of carbonyl (C=O) groups excluding carboxylic acids is 1. The number of fused-ring (bicyclic) bond motifs is 1. The molecule has 0 saturated carbocycles. The highest BCUT2D eigenvalue weighted by molar-refractivity contribution is 7.15. The lowest BCUT2D eigenvalue weighted by atomic mass is 9.98. The molecule has 1 aromatic carbocycles. The Hall–Kier alpha value is -2.54. The van der Waals surface area contributed by atoms with Gasteiger partial charge in [-0.3, -0.25) is 4.79 Å². The van der Waals surface area contributed by atoms with Crippen LogP contribution < -0.4 is 9.47 Å². The van der Waals surface area contributed by atoms with Gasteiger partial charge >= 0.3 is 5.97 Å². The summed E-state index contributed by atoms with van der Waals surface area (Å²) in [4.78, 5) is 26.1. The van der Waals surface area contributed by atoms with Crippen molar-refractivity contribution < 1.29 is 24.2 Å². The van der Waals surface area contributed by atoms with Crippen LogP contribution in [0.4, 0.5) is 0 Å². The molecule has 1 amide bonds. The average Bonchev–Trinajstić information content (AvgIpc) is 3.12. The Morgan fingerprint density at radius 3 is 2.27 bits per heavy atom. The van der Waals surface area contributed by atoms with Crippen LogP contribution in [0.3, 0.4) is 0 Å². The molecule has 1 aliphatic heterocycles. The highest BCUT2D eigenvalue weighted by atomic mass is 32.1. The first-order chi connectivity index (χ1) is 12.5. The molecule has 0 atom stereocenters. The van der Waals surface area contributed by atoms with E-state index in [4.69, 9.17) is 14.6 Å². The van der Waals surface area contributed by atoms with E-state index in [1.807, 2.05) is 26.0 Å². The Bertz CT molecular complexity index is 829. The molecule has 7 heteroatoms. The number of hydrogen-bond donors (Lipinski definition) is 1. The highest BCUT2D eigenvalue weighted by Gasteiger charge is 2.25. The maximum atomic E-state index is 12.7. The average molecular weight is 375 g/mol. The van der Waals surface area contributed by atoms with Crippen molar-refractivity contribution in [1.82, 2.24) is 4.90 Å². The topological polar surface area (TPSA) is 76.1 Å². The van der Waals surface area contributed by atoms with Crippen molar-refractivity contribution in [3.8, 4) is 11.5 Å². The largest absolute Gasteiger partial charge is 0.490 e. The molecule has 26 heavy (non-hydrogen) atoms. The van der Waals surface area contributed by atoms with E-state index in [9.17, 15) is 9.59 Å². The van der Waals surface area contributed by atoms with E-state index < -0.39 is 5.97 Å². The summed E-state index contributed by atoms with van der Waals surface area (Å²) in [5.41, 5.74) is 2.19. The van der Waals surface area contributed by atoms with Gasteiger partial charge in [-0.25, -0.2) is 4.79 Å². The van der Waals surface area contributed by atoms with Crippen molar-refractivity contribution in [2.75, 3.05) is 19.8 Å². The summed E-state index contributed by atoms with van der Waals surface area (Å²) in [6.07, 6.45) is 0.727. The lowest BCUT2D eigenvalue weighted by molar-refractivity contribution is 0.0701. The Kier molecular flexibility index (Phi) is 5.46. The van der Waals surface area contributed by atoms with Gasteiger partial charge < -0.3 is 19.5 Å². The second kappa shape index (κ2) is 7.78. The monoisotopic (exact) mass is 375 g/mol. The number of carboxylic acid groups (broad SMARTS) is 1. The molecule has 6 nitrogen and oxygen atoms in total. The van der Waals surface area contributed by atoms with Crippen molar-refractivity contribution in [2.45, 2.75) is 26.8 Å². The van der Waals surface area contributed by atoms with Gasteiger partial charge in [0.1, 0.15) is 4.88 Å². The minimum Gasteiger partial charge on any atom is -0.490 e. The zero-order chi connectivity index (χ0) is 18.7. The van der Waals surface area contributed by atoms with Gasteiger partial charge in [0.15, 0.2) is 11.5 Å². The van der Waals surface area contributed by atoms with Gasteiger partial charge in [0.05, 0.1) is 18.1 Å². The first-order valence-corrected chi connectivity index (χ1v) is 9.38. The van der Waals surface area contributed by atoms with E-state index in [2.05, 4.69) is 0 Å². The van der Waals surface area contributed by atoms with Crippen LogP contribution in [-0.4, -0.2) is 41.6 Å². The van der Waals surface area contributed by atoms with Crippen molar-refractivity contribution >= 4 is 23.2 Å². The predicted molar refractivity (Wildman–Crippen MR) is 98.5 cm³/mol. The Balaban J connectivity index is 1.82. The minimum atomic E-state index is -1.01. The summed E-state index contributed by atoms with van der Waals surface area (Å²) in [6.45, 7) is 6.01. The van der Waals surface area contributed by atoms with Crippen LogP contribution >= 0.6 is 11.3 Å². The van der Waals surface area contributed by atoms with Crippen molar-refractivity contribution in [1.29, 1.82) is 0 Å². The zero-order valence-corrected chi connectivity index (χ0v) is 15.6. The summed E-state index contributed by atoms with van der Waals surface area (Å²) < 4.78 is 11.3. The molecule has 0 unspecified atom stereocenters. The maximum Gasteiger partial charge on any atom is 0.345 e. The highest BCUT2D eigenvalue weighted by Crippen LogP contribution is 2.34. The fourth-order valence-electron chi connectivity index (χ4n) is 3.00. The number of amides is 1. The van der Waals surface area contributed by atoms with Crippen LogP contribution in [0.1, 0.15) is 44.3 Å². The second-order valence-corrected chi connectivity index (χ2v) is 6.96. The number of nitrogens with zero attached hydrogens (tertiary/aromatic N) is 1. The number of hydrogen-bond acceptors (Lipinski definition) is 5. The predicted octanol–water partition coefficient (Wildman–Crippen LogP) is 3.44.